The minimum atomic E-state index is -3.58. The maximum absolute atomic E-state index is 12.6. The Morgan fingerprint density at radius 3 is 2.38 bits per heavy atom. The fraction of sp³-hybridized carbons (Fsp3) is 0.333. The van der Waals surface area contributed by atoms with Gasteiger partial charge >= 0.3 is 0 Å². The molecule has 0 saturated carbocycles. The summed E-state index contributed by atoms with van der Waals surface area (Å²) in [6.45, 7) is 2.09. The third-order valence-electron chi connectivity index (χ3n) is 3.95. The summed E-state index contributed by atoms with van der Waals surface area (Å²) in [5.74, 6) is 6.82. The smallest absolute Gasteiger partial charge is 0.240 e. The van der Waals surface area contributed by atoms with Crippen molar-refractivity contribution in [1.82, 2.24) is 4.72 Å². The van der Waals surface area contributed by atoms with Gasteiger partial charge in [0.05, 0.1) is 12.0 Å². The Hall–Kier alpha value is -2.29. The normalized spacial score (nSPS) is 12.1. The fourth-order valence-electron chi connectivity index (χ4n) is 2.49. The molecule has 0 radical (unpaired) electrons. The number of benzene rings is 2. The quantitative estimate of drug-likeness (QED) is 0.714. The van der Waals surface area contributed by atoms with Crippen molar-refractivity contribution in [2.75, 3.05) is 7.11 Å². The van der Waals surface area contributed by atoms with Crippen molar-refractivity contribution >= 4 is 10.0 Å². The van der Waals surface area contributed by atoms with Gasteiger partial charge in [0.2, 0.25) is 10.0 Å². The van der Waals surface area contributed by atoms with Crippen LogP contribution in [0.2, 0.25) is 0 Å². The second-order valence-electron chi connectivity index (χ2n) is 6.01. The number of ether oxygens (including phenoxy) is 1. The summed E-state index contributed by atoms with van der Waals surface area (Å²) in [4.78, 5) is 0.232. The minimum absolute atomic E-state index is 0.210. The molecule has 2 aromatic rings. The zero-order valence-electron chi connectivity index (χ0n) is 15.2. The van der Waals surface area contributed by atoms with Gasteiger partial charge in [0, 0.05) is 18.0 Å². The van der Waals surface area contributed by atoms with E-state index in [1.807, 2.05) is 30.3 Å². The van der Waals surface area contributed by atoms with Crippen LogP contribution in [-0.4, -0.2) is 21.6 Å². The number of hydrogen-bond acceptors (Lipinski definition) is 3. The molecule has 1 N–H and O–H groups in total. The summed E-state index contributed by atoms with van der Waals surface area (Å²) in [5, 5.41) is 0. The highest BCUT2D eigenvalue weighted by Crippen LogP contribution is 2.17. The Morgan fingerprint density at radius 1 is 1.08 bits per heavy atom. The third-order valence-corrected chi connectivity index (χ3v) is 5.49. The van der Waals surface area contributed by atoms with Crippen LogP contribution in [0, 0.1) is 11.8 Å². The van der Waals surface area contributed by atoms with Crippen LogP contribution in [0.15, 0.2) is 59.5 Å². The minimum Gasteiger partial charge on any atom is -0.497 e. The molecule has 0 fully saturated rings. The van der Waals surface area contributed by atoms with Crippen molar-refractivity contribution in [2.45, 2.75) is 43.5 Å². The van der Waals surface area contributed by atoms with E-state index in [0.717, 1.165) is 24.8 Å². The molecule has 2 aromatic carbocycles. The predicted octanol–water partition coefficient (Wildman–Crippen LogP) is 3.97. The average Bonchev–Trinajstić information content (AvgIpc) is 2.66. The van der Waals surface area contributed by atoms with Gasteiger partial charge in [0.1, 0.15) is 5.75 Å². The zero-order valence-corrected chi connectivity index (χ0v) is 16.1. The Labute approximate surface area is 156 Å². The van der Waals surface area contributed by atoms with Crippen LogP contribution in [0.1, 0.15) is 38.2 Å². The third kappa shape index (κ3) is 6.21. The van der Waals surface area contributed by atoms with E-state index in [4.69, 9.17) is 4.74 Å². The molecule has 2 rings (SSSR count). The molecule has 0 saturated heterocycles. The first kappa shape index (κ1) is 20.0. The molecular weight excluding hydrogens is 346 g/mol. The van der Waals surface area contributed by atoms with E-state index in [2.05, 4.69) is 23.5 Å². The standard InChI is InChI=1S/C21H25NO3S/c1-3-4-12-19(13-8-11-18-9-6-5-7-10-18)22-26(23,24)21-16-14-20(25-2)15-17-21/h5-7,9-10,14-17,19,22H,3-4,12-13H2,1-2H3/t19-/m1/s1. The summed E-state index contributed by atoms with van der Waals surface area (Å²) < 4.78 is 33.2. The molecule has 0 unspecified atom stereocenters. The lowest BCUT2D eigenvalue weighted by Crippen LogP contribution is -2.34. The van der Waals surface area contributed by atoms with E-state index in [1.165, 1.54) is 0 Å². The topological polar surface area (TPSA) is 55.4 Å². The number of nitrogens with one attached hydrogen (secondary N) is 1. The van der Waals surface area contributed by atoms with E-state index in [1.54, 1.807) is 31.4 Å². The van der Waals surface area contributed by atoms with Crippen molar-refractivity contribution in [3.63, 3.8) is 0 Å². The van der Waals surface area contributed by atoms with Crippen LogP contribution in [0.3, 0.4) is 0 Å². The van der Waals surface area contributed by atoms with Crippen LogP contribution in [0.4, 0.5) is 0 Å². The number of rotatable bonds is 8. The number of sulfonamides is 1. The lowest BCUT2D eigenvalue weighted by molar-refractivity contribution is 0.414. The van der Waals surface area contributed by atoms with E-state index >= 15 is 0 Å². The monoisotopic (exact) mass is 371 g/mol. The Balaban J connectivity index is 2.09. The van der Waals surface area contributed by atoms with Crippen LogP contribution in [-0.2, 0) is 10.0 Å². The molecule has 1 atom stereocenters. The average molecular weight is 372 g/mol. The van der Waals surface area contributed by atoms with Gasteiger partial charge in [0.15, 0.2) is 0 Å². The lowest BCUT2D eigenvalue weighted by atomic mass is 10.1. The molecule has 4 nitrogen and oxygen atoms in total. The van der Waals surface area contributed by atoms with Gasteiger partial charge in [-0.15, -0.1) is 0 Å². The van der Waals surface area contributed by atoms with Crippen LogP contribution in [0.5, 0.6) is 5.75 Å². The molecule has 0 amide bonds. The molecule has 138 valence electrons. The SMILES string of the molecule is CCCC[C@H](CC#Cc1ccccc1)NS(=O)(=O)c1ccc(OC)cc1. The molecule has 5 heteroatoms. The van der Waals surface area contributed by atoms with E-state index in [0.29, 0.717) is 12.2 Å². The van der Waals surface area contributed by atoms with Crippen molar-refractivity contribution < 1.29 is 13.2 Å². The van der Waals surface area contributed by atoms with Crippen LogP contribution in [0.25, 0.3) is 0 Å². The van der Waals surface area contributed by atoms with Crippen LogP contribution < -0.4 is 9.46 Å². The number of methoxy groups -OCH3 is 1. The maximum atomic E-state index is 12.6. The van der Waals surface area contributed by atoms with Gasteiger partial charge in [-0.1, -0.05) is 49.8 Å². The largest absolute Gasteiger partial charge is 0.497 e. The van der Waals surface area contributed by atoms with Gasteiger partial charge in [-0.05, 0) is 42.8 Å². The highest BCUT2D eigenvalue weighted by Gasteiger charge is 2.19. The van der Waals surface area contributed by atoms with Gasteiger partial charge in [-0.3, -0.25) is 0 Å². The lowest BCUT2D eigenvalue weighted by Gasteiger charge is -2.16. The highest BCUT2D eigenvalue weighted by atomic mass is 32.2. The van der Waals surface area contributed by atoms with Crippen molar-refractivity contribution in [1.29, 1.82) is 0 Å². The highest BCUT2D eigenvalue weighted by molar-refractivity contribution is 7.89. The van der Waals surface area contributed by atoms with Crippen molar-refractivity contribution in [3.05, 3.63) is 60.2 Å². The summed E-state index contributed by atoms with van der Waals surface area (Å²) in [7, 11) is -2.03. The first-order valence-electron chi connectivity index (χ1n) is 8.75. The maximum Gasteiger partial charge on any atom is 0.240 e. The summed E-state index contributed by atoms with van der Waals surface area (Å²) in [5.41, 5.74) is 0.930. The van der Waals surface area contributed by atoms with Gasteiger partial charge < -0.3 is 4.74 Å². The first-order chi connectivity index (χ1) is 12.5. The molecule has 0 bridgehead atoms. The molecule has 0 aliphatic heterocycles. The van der Waals surface area contributed by atoms with Gasteiger partial charge in [-0.2, -0.15) is 0 Å². The Kier molecular flexibility index (Phi) is 7.71. The number of hydrogen-bond donors (Lipinski definition) is 1. The molecule has 0 spiro atoms. The molecule has 0 aliphatic carbocycles. The Bertz CT molecular complexity index is 834. The first-order valence-corrected chi connectivity index (χ1v) is 10.2. The summed E-state index contributed by atoms with van der Waals surface area (Å²) >= 11 is 0. The molecular formula is C21H25NO3S. The summed E-state index contributed by atoms with van der Waals surface area (Å²) in [6.07, 6.45) is 3.19. The molecule has 0 heterocycles. The van der Waals surface area contributed by atoms with Crippen molar-refractivity contribution in [3.8, 4) is 17.6 Å². The molecule has 0 aliphatic rings. The van der Waals surface area contributed by atoms with Crippen molar-refractivity contribution in [2.24, 2.45) is 0 Å². The summed E-state index contributed by atoms with van der Waals surface area (Å²) in [6, 6.07) is 15.9. The molecule has 26 heavy (non-hydrogen) atoms. The molecule has 0 aromatic heterocycles. The van der Waals surface area contributed by atoms with Crippen LogP contribution >= 0.6 is 0 Å². The second-order valence-corrected chi connectivity index (χ2v) is 7.72. The second kappa shape index (κ2) is 10.0. The Morgan fingerprint density at radius 2 is 1.77 bits per heavy atom. The predicted molar refractivity (Wildman–Crippen MR) is 105 cm³/mol. The van der Waals surface area contributed by atoms with E-state index < -0.39 is 10.0 Å². The van der Waals surface area contributed by atoms with Gasteiger partial charge in [-0.25, -0.2) is 13.1 Å². The fourth-order valence-corrected chi connectivity index (χ4v) is 3.76. The van der Waals surface area contributed by atoms with E-state index in [-0.39, 0.29) is 10.9 Å². The number of unbranched alkanes of at least 4 members (excludes halogenated alkanes) is 1. The van der Waals surface area contributed by atoms with E-state index in [9.17, 15) is 8.42 Å². The van der Waals surface area contributed by atoms with Gasteiger partial charge in [0.25, 0.3) is 0 Å². The zero-order chi connectivity index (χ0) is 18.8.